The normalized spacial score (nSPS) is 11.3. The van der Waals surface area contributed by atoms with Crippen LogP contribution in [0.4, 0.5) is 15.9 Å². The maximum atomic E-state index is 13.4. The number of benzene rings is 3. The molecule has 0 aliphatic carbocycles. The number of rotatable bonds is 11. The van der Waals surface area contributed by atoms with Gasteiger partial charge in [0.2, 0.25) is 0 Å². The van der Waals surface area contributed by atoms with Crippen molar-refractivity contribution in [3.8, 4) is 11.5 Å². The number of carbonyl (C=O) groups excluding carboxylic acids is 1. The number of methoxy groups -OCH3 is 1. The minimum atomic E-state index is -0.320. The molecule has 9 heteroatoms. The zero-order chi connectivity index (χ0) is 27.1. The van der Waals surface area contributed by atoms with Crippen LogP contribution in [0.1, 0.15) is 11.1 Å². The van der Waals surface area contributed by atoms with E-state index in [-0.39, 0.29) is 24.6 Å². The van der Waals surface area contributed by atoms with Gasteiger partial charge in [0.05, 0.1) is 17.6 Å². The van der Waals surface area contributed by atoms with Crippen molar-refractivity contribution in [2.45, 2.75) is 13.0 Å². The van der Waals surface area contributed by atoms with Crippen molar-refractivity contribution in [2.75, 3.05) is 33.1 Å². The molecule has 4 aromatic rings. The minimum Gasteiger partial charge on any atom is -0.496 e. The fourth-order valence-corrected chi connectivity index (χ4v) is 4.05. The molecule has 0 aliphatic rings. The Morgan fingerprint density at radius 3 is 2.68 bits per heavy atom. The van der Waals surface area contributed by atoms with Gasteiger partial charge in [-0.3, -0.25) is 4.79 Å². The lowest BCUT2D eigenvalue weighted by Gasteiger charge is -2.14. The Labute approximate surface area is 225 Å². The number of fused-ring (bicyclic) bond motifs is 1. The number of nitrogens with zero attached hydrogens (tertiary/aromatic N) is 3. The van der Waals surface area contributed by atoms with E-state index in [1.807, 2.05) is 37.2 Å². The molecule has 196 valence electrons. The Hall–Kier alpha value is -4.01. The Morgan fingerprint density at radius 1 is 1.11 bits per heavy atom. The van der Waals surface area contributed by atoms with Crippen LogP contribution in [0.3, 0.4) is 0 Å². The first kappa shape index (κ1) is 27.0. The number of hydrogen-bond donors (Lipinski definition) is 1. The molecule has 0 amide bonds. The largest absolute Gasteiger partial charge is 0.496 e. The number of anilines is 2. The second-order valence-corrected chi connectivity index (χ2v) is 9.31. The molecule has 0 bridgehead atoms. The third-order valence-electron chi connectivity index (χ3n) is 5.65. The van der Waals surface area contributed by atoms with E-state index in [0.717, 1.165) is 10.9 Å². The van der Waals surface area contributed by atoms with Crippen molar-refractivity contribution in [1.82, 2.24) is 14.9 Å². The van der Waals surface area contributed by atoms with Gasteiger partial charge in [-0.2, -0.15) is 0 Å². The monoisotopic (exact) mass is 534 g/mol. The molecule has 1 heterocycles. The van der Waals surface area contributed by atoms with Crippen LogP contribution in [-0.4, -0.2) is 48.4 Å². The van der Waals surface area contributed by atoms with Gasteiger partial charge >= 0.3 is 0 Å². The van der Waals surface area contributed by atoms with Crippen molar-refractivity contribution in [3.05, 3.63) is 95.0 Å². The molecule has 7 nitrogen and oxygen atoms in total. The summed E-state index contributed by atoms with van der Waals surface area (Å²) in [6.07, 6.45) is 5.06. The molecule has 1 N–H and O–H groups in total. The highest BCUT2D eigenvalue weighted by Gasteiger charge is 2.14. The maximum absolute atomic E-state index is 13.4. The summed E-state index contributed by atoms with van der Waals surface area (Å²) >= 11 is 6.46. The lowest BCUT2D eigenvalue weighted by Crippen LogP contribution is -2.11. The number of hydrogen-bond acceptors (Lipinski definition) is 7. The second kappa shape index (κ2) is 12.5. The summed E-state index contributed by atoms with van der Waals surface area (Å²) in [4.78, 5) is 23.3. The zero-order valence-corrected chi connectivity index (χ0v) is 22.1. The summed E-state index contributed by atoms with van der Waals surface area (Å²) < 4.78 is 24.7. The Balaban J connectivity index is 1.54. The van der Waals surface area contributed by atoms with E-state index >= 15 is 0 Å². The zero-order valence-electron chi connectivity index (χ0n) is 21.4. The number of ether oxygens (including phenoxy) is 2. The maximum Gasteiger partial charge on any atom is 0.159 e. The Bertz CT molecular complexity index is 1480. The summed E-state index contributed by atoms with van der Waals surface area (Å²) in [5.41, 5.74) is 2.79. The quantitative estimate of drug-likeness (QED) is 0.237. The summed E-state index contributed by atoms with van der Waals surface area (Å²) in [6.45, 7) is 0.869. The summed E-state index contributed by atoms with van der Waals surface area (Å²) in [5, 5.41) is 4.40. The smallest absolute Gasteiger partial charge is 0.159 e. The lowest BCUT2D eigenvalue weighted by molar-refractivity contribution is -0.114. The van der Waals surface area contributed by atoms with Gasteiger partial charge in [0, 0.05) is 35.7 Å². The molecule has 0 radical (unpaired) electrons. The average Bonchev–Trinajstić information content (AvgIpc) is 2.88. The highest BCUT2D eigenvalue weighted by molar-refractivity contribution is 6.32. The van der Waals surface area contributed by atoms with Gasteiger partial charge in [0.1, 0.15) is 36.1 Å². The molecule has 0 saturated carbocycles. The molecule has 0 spiro atoms. The Kier molecular flexibility index (Phi) is 8.89. The molecule has 4 rings (SSSR count). The van der Waals surface area contributed by atoms with Crippen LogP contribution in [0.25, 0.3) is 10.9 Å². The van der Waals surface area contributed by atoms with E-state index in [2.05, 4.69) is 15.3 Å². The molecule has 0 fully saturated rings. The predicted octanol–water partition coefficient (Wildman–Crippen LogP) is 5.98. The first-order chi connectivity index (χ1) is 18.3. The van der Waals surface area contributed by atoms with Gasteiger partial charge in [-0.05, 0) is 62.1 Å². The van der Waals surface area contributed by atoms with Crippen LogP contribution in [0.2, 0.25) is 5.02 Å². The highest BCUT2D eigenvalue weighted by atomic mass is 35.5. The van der Waals surface area contributed by atoms with Crippen LogP contribution >= 0.6 is 11.6 Å². The lowest BCUT2D eigenvalue weighted by atomic mass is 10.0. The predicted molar refractivity (Wildman–Crippen MR) is 148 cm³/mol. The van der Waals surface area contributed by atoms with E-state index in [1.165, 1.54) is 18.5 Å². The van der Waals surface area contributed by atoms with Gasteiger partial charge in [-0.1, -0.05) is 29.8 Å². The number of nitrogens with one attached hydrogen (secondary N) is 1. The van der Waals surface area contributed by atoms with Gasteiger partial charge in [0.15, 0.2) is 5.78 Å². The van der Waals surface area contributed by atoms with Crippen LogP contribution in [0, 0.1) is 5.82 Å². The molecule has 1 aromatic heterocycles. The third-order valence-corrected chi connectivity index (χ3v) is 5.95. The van der Waals surface area contributed by atoms with Crippen LogP contribution in [0.15, 0.2) is 73.1 Å². The molecule has 0 aliphatic heterocycles. The van der Waals surface area contributed by atoms with E-state index in [9.17, 15) is 9.18 Å². The molecular weight excluding hydrogens is 507 g/mol. The topological polar surface area (TPSA) is 76.6 Å². The third kappa shape index (κ3) is 7.06. The van der Waals surface area contributed by atoms with Crippen LogP contribution in [0.5, 0.6) is 11.5 Å². The molecule has 0 saturated heterocycles. The standard InChI is InChI=1S/C29H28ClFN4O3/c1-35(2)11-5-8-23(36)13-20-14-24-26(16-28(20)37-3)32-18-33-29(24)34-22-9-10-27(25(30)15-22)38-17-19-6-4-7-21(31)12-19/h4-10,12,14-16,18H,11,13,17H2,1-3H3,(H,32,33,34)/b8-5+. The summed E-state index contributed by atoms with van der Waals surface area (Å²) in [5.74, 6) is 1.26. The van der Waals surface area contributed by atoms with Crippen molar-refractivity contribution in [3.63, 3.8) is 0 Å². The summed E-state index contributed by atoms with van der Waals surface area (Å²) in [6, 6.07) is 15.1. The second-order valence-electron chi connectivity index (χ2n) is 8.90. The highest BCUT2D eigenvalue weighted by Crippen LogP contribution is 2.33. The van der Waals surface area contributed by atoms with Crippen molar-refractivity contribution < 1.29 is 18.7 Å². The fourth-order valence-electron chi connectivity index (χ4n) is 3.82. The fraction of sp³-hybridized carbons (Fsp3) is 0.207. The van der Waals surface area contributed by atoms with E-state index in [4.69, 9.17) is 21.1 Å². The SMILES string of the molecule is COc1cc2ncnc(Nc3ccc(OCc4cccc(F)c4)c(Cl)c3)c2cc1CC(=O)/C=C/CN(C)C. The number of halogens is 2. The van der Waals surface area contributed by atoms with Crippen molar-refractivity contribution in [1.29, 1.82) is 0 Å². The average molecular weight is 535 g/mol. The van der Waals surface area contributed by atoms with E-state index in [0.29, 0.717) is 45.7 Å². The number of likely N-dealkylation sites (N-methyl/N-ethyl adjacent to an activating group) is 1. The Morgan fingerprint density at radius 2 is 1.95 bits per heavy atom. The molecule has 38 heavy (non-hydrogen) atoms. The first-order valence-corrected chi connectivity index (χ1v) is 12.3. The molecular formula is C29H28ClFN4O3. The van der Waals surface area contributed by atoms with Gasteiger partial charge in [-0.15, -0.1) is 0 Å². The van der Waals surface area contributed by atoms with E-state index < -0.39 is 0 Å². The number of carbonyl (C=O) groups is 1. The van der Waals surface area contributed by atoms with E-state index in [1.54, 1.807) is 43.5 Å². The summed E-state index contributed by atoms with van der Waals surface area (Å²) in [7, 11) is 5.45. The molecule has 0 atom stereocenters. The number of allylic oxidation sites excluding steroid dienone is 1. The van der Waals surface area contributed by atoms with Crippen LogP contribution in [-0.2, 0) is 17.8 Å². The number of aromatic nitrogens is 2. The minimum absolute atomic E-state index is 0.0310. The molecule has 3 aromatic carbocycles. The van der Waals surface area contributed by atoms with Gasteiger partial charge < -0.3 is 19.7 Å². The van der Waals surface area contributed by atoms with Crippen LogP contribution < -0.4 is 14.8 Å². The van der Waals surface area contributed by atoms with Crippen molar-refractivity contribution in [2.24, 2.45) is 0 Å². The first-order valence-electron chi connectivity index (χ1n) is 11.9. The van der Waals surface area contributed by atoms with Gasteiger partial charge in [0.25, 0.3) is 0 Å². The number of ketones is 1. The van der Waals surface area contributed by atoms with Crippen molar-refractivity contribution >= 4 is 39.8 Å². The van der Waals surface area contributed by atoms with Gasteiger partial charge in [-0.25, -0.2) is 14.4 Å². The molecule has 0 unspecified atom stereocenters.